The molecule has 1 nitrogen and oxygen atoms in total. The molecule has 0 amide bonds. The Balaban J connectivity index is 0. The molecule has 0 unspecified atom stereocenters. The van der Waals surface area contributed by atoms with Crippen LogP contribution in [0, 0.1) is 6.92 Å². The van der Waals surface area contributed by atoms with Crippen molar-refractivity contribution in [2.45, 2.75) is 6.92 Å². The second kappa shape index (κ2) is 3.41. The van der Waals surface area contributed by atoms with Gasteiger partial charge in [-0.1, -0.05) is 12.1 Å². The fourth-order valence-corrected chi connectivity index (χ4v) is 0.670. The lowest BCUT2D eigenvalue weighted by molar-refractivity contribution is 1.47. The number of hydrogen-bond acceptors (Lipinski definition) is 1. The minimum atomic E-state index is 0. The highest BCUT2D eigenvalue weighted by atomic mass is 32.1. The van der Waals surface area contributed by atoms with Crippen LogP contribution in [0.15, 0.2) is 24.3 Å². The van der Waals surface area contributed by atoms with Gasteiger partial charge in [-0.2, -0.15) is 13.5 Å². The van der Waals surface area contributed by atoms with Crippen LogP contribution in [-0.4, -0.2) is 0 Å². The number of anilines is 1. The molecule has 9 heavy (non-hydrogen) atoms. The van der Waals surface area contributed by atoms with E-state index in [4.69, 9.17) is 5.73 Å². The summed E-state index contributed by atoms with van der Waals surface area (Å²) < 4.78 is 0. The zero-order valence-corrected chi connectivity index (χ0v) is 6.39. The number of aryl methyl sites for hydroxylation is 1. The van der Waals surface area contributed by atoms with Gasteiger partial charge in [-0.25, -0.2) is 0 Å². The fourth-order valence-electron chi connectivity index (χ4n) is 0.670. The Morgan fingerprint density at radius 1 is 1.44 bits per heavy atom. The van der Waals surface area contributed by atoms with Gasteiger partial charge in [0.25, 0.3) is 0 Å². The van der Waals surface area contributed by atoms with E-state index in [1.165, 1.54) is 5.56 Å². The van der Waals surface area contributed by atoms with Gasteiger partial charge in [0, 0.05) is 7.11 Å². The van der Waals surface area contributed by atoms with Gasteiger partial charge < -0.3 is 5.73 Å². The van der Waals surface area contributed by atoms with Crippen molar-refractivity contribution < 1.29 is 1.43 Å². The predicted molar refractivity (Wildman–Crippen MR) is 48.1 cm³/mol. The normalized spacial score (nSPS) is 8.11. The van der Waals surface area contributed by atoms with Crippen LogP contribution in [0.25, 0.3) is 0 Å². The highest BCUT2D eigenvalue weighted by Gasteiger charge is 1.81. The molecule has 0 saturated carbocycles. The molecule has 1 aromatic carbocycles. The maximum Gasteiger partial charge on any atom is 0.0316 e. The first-order chi connectivity index (χ1) is 3.79. The Kier molecular flexibility index (Phi) is 3.17. The van der Waals surface area contributed by atoms with E-state index < -0.39 is 0 Å². The number of nitrogen functional groups attached to an aromatic ring is 1. The molecule has 52 valence electrons. The standard InChI is InChI=1S/C7H9N.H2S.H2/c1-6-3-2-4-7(8)5-6;;/h2-5H,8H2,1H3;1H2;1H. The van der Waals surface area contributed by atoms with E-state index in [2.05, 4.69) is 0 Å². The first-order valence-corrected chi connectivity index (χ1v) is 2.61. The summed E-state index contributed by atoms with van der Waals surface area (Å²) in [6.45, 7) is 2.02. The molecule has 1 aromatic rings. The molecule has 0 atom stereocenters. The summed E-state index contributed by atoms with van der Waals surface area (Å²) in [7, 11) is 0. The average molecular weight is 143 g/mol. The third-order valence-corrected chi connectivity index (χ3v) is 1.04. The molecule has 0 saturated heterocycles. The van der Waals surface area contributed by atoms with Crippen LogP contribution in [0.4, 0.5) is 5.69 Å². The molecular formula is C7H13NS. The lowest BCUT2D eigenvalue weighted by atomic mass is 10.2. The van der Waals surface area contributed by atoms with Crippen molar-refractivity contribution in [3.8, 4) is 0 Å². The molecule has 2 N–H and O–H groups in total. The van der Waals surface area contributed by atoms with Gasteiger partial charge in [0.15, 0.2) is 0 Å². The van der Waals surface area contributed by atoms with Gasteiger partial charge in [-0.05, 0) is 24.6 Å². The molecule has 0 bridgehead atoms. The molecule has 0 aromatic heterocycles. The molecular weight excluding hydrogens is 130 g/mol. The third kappa shape index (κ3) is 2.42. The summed E-state index contributed by atoms with van der Waals surface area (Å²) in [5.41, 5.74) is 7.51. The zero-order valence-electron chi connectivity index (χ0n) is 5.39. The average Bonchev–Trinajstić information content (AvgIpc) is 1.64. The Bertz CT molecular complexity index is 173. The molecule has 0 aliphatic carbocycles. The summed E-state index contributed by atoms with van der Waals surface area (Å²) in [6.07, 6.45) is 0. The van der Waals surface area contributed by atoms with Crippen LogP contribution in [0.3, 0.4) is 0 Å². The summed E-state index contributed by atoms with van der Waals surface area (Å²) >= 11 is 0. The largest absolute Gasteiger partial charge is 0.399 e. The van der Waals surface area contributed by atoms with Gasteiger partial charge in [0.05, 0.1) is 0 Å². The van der Waals surface area contributed by atoms with E-state index in [1.807, 2.05) is 31.2 Å². The van der Waals surface area contributed by atoms with Gasteiger partial charge in [-0.15, -0.1) is 0 Å². The predicted octanol–water partition coefficient (Wildman–Crippen LogP) is 1.94. The van der Waals surface area contributed by atoms with E-state index in [0.717, 1.165) is 5.69 Å². The number of hydrogen-bond donors (Lipinski definition) is 1. The molecule has 1 rings (SSSR count). The summed E-state index contributed by atoms with van der Waals surface area (Å²) in [5.74, 6) is 0. The highest BCUT2D eigenvalue weighted by Crippen LogP contribution is 2.03. The van der Waals surface area contributed by atoms with Crippen LogP contribution in [0.1, 0.15) is 6.99 Å². The van der Waals surface area contributed by atoms with Crippen molar-refractivity contribution in [2.75, 3.05) is 5.73 Å². The van der Waals surface area contributed by atoms with Crippen molar-refractivity contribution >= 4 is 19.2 Å². The molecule has 0 fully saturated rings. The van der Waals surface area contributed by atoms with Crippen LogP contribution < -0.4 is 5.73 Å². The van der Waals surface area contributed by atoms with E-state index >= 15 is 0 Å². The zero-order chi connectivity index (χ0) is 5.98. The monoisotopic (exact) mass is 143 g/mol. The van der Waals surface area contributed by atoms with Crippen molar-refractivity contribution in [3.05, 3.63) is 29.8 Å². The summed E-state index contributed by atoms with van der Waals surface area (Å²) in [6, 6.07) is 7.80. The Labute approximate surface area is 63.8 Å². The Morgan fingerprint density at radius 3 is 2.44 bits per heavy atom. The van der Waals surface area contributed by atoms with Crippen LogP contribution in [0.5, 0.6) is 0 Å². The van der Waals surface area contributed by atoms with Gasteiger partial charge in [0.2, 0.25) is 0 Å². The molecule has 2 heteroatoms. The van der Waals surface area contributed by atoms with Crippen LogP contribution >= 0.6 is 13.5 Å². The maximum absolute atomic E-state index is 5.46. The SMILES string of the molecule is Cc1cccc(N)c1.S.[HH]. The third-order valence-electron chi connectivity index (χ3n) is 1.04. The summed E-state index contributed by atoms with van der Waals surface area (Å²) in [4.78, 5) is 0. The fraction of sp³-hybridized carbons (Fsp3) is 0.143. The Hall–Kier alpha value is -0.630. The molecule has 0 spiro atoms. The van der Waals surface area contributed by atoms with Crippen molar-refractivity contribution in [2.24, 2.45) is 0 Å². The highest BCUT2D eigenvalue weighted by molar-refractivity contribution is 7.59. The second-order valence-corrected chi connectivity index (χ2v) is 1.91. The van der Waals surface area contributed by atoms with Crippen molar-refractivity contribution in [3.63, 3.8) is 0 Å². The Morgan fingerprint density at radius 2 is 2.11 bits per heavy atom. The topological polar surface area (TPSA) is 26.0 Å². The molecule has 0 radical (unpaired) electrons. The maximum atomic E-state index is 5.46. The van der Waals surface area contributed by atoms with Crippen molar-refractivity contribution in [1.82, 2.24) is 0 Å². The van der Waals surface area contributed by atoms with Crippen molar-refractivity contribution in [1.29, 1.82) is 0 Å². The van der Waals surface area contributed by atoms with E-state index in [-0.39, 0.29) is 14.9 Å². The van der Waals surface area contributed by atoms with Crippen LogP contribution in [0.2, 0.25) is 0 Å². The minimum absolute atomic E-state index is 0. The lowest BCUT2D eigenvalue weighted by Gasteiger charge is -1.91. The van der Waals surface area contributed by atoms with Gasteiger partial charge in [0.1, 0.15) is 0 Å². The van der Waals surface area contributed by atoms with Crippen LogP contribution in [-0.2, 0) is 0 Å². The van der Waals surface area contributed by atoms with Gasteiger partial charge in [-0.3, -0.25) is 0 Å². The lowest BCUT2D eigenvalue weighted by Crippen LogP contribution is -1.82. The number of rotatable bonds is 0. The number of benzene rings is 1. The molecule has 0 heterocycles. The van der Waals surface area contributed by atoms with Gasteiger partial charge >= 0.3 is 0 Å². The number of nitrogens with two attached hydrogens (primary N) is 1. The first-order valence-electron chi connectivity index (χ1n) is 2.61. The minimum Gasteiger partial charge on any atom is -0.399 e. The van der Waals surface area contributed by atoms with E-state index in [9.17, 15) is 0 Å². The second-order valence-electron chi connectivity index (χ2n) is 1.91. The molecule has 0 aliphatic heterocycles. The van der Waals surface area contributed by atoms with E-state index in [0.29, 0.717) is 0 Å². The summed E-state index contributed by atoms with van der Waals surface area (Å²) in [5, 5.41) is 0. The van der Waals surface area contributed by atoms with E-state index in [1.54, 1.807) is 0 Å². The smallest absolute Gasteiger partial charge is 0.0316 e. The quantitative estimate of drug-likeness (QED) is 0.552. The molecule has 0 aliphatic rings. The first kappa shape index (κ1) is 8.37.